The Bertz CT molecular complexity index is 384. The molecule has 0 bridgehead atoms. The Hall–Kier alpha value is -0.950. The molecule has 0 aliphatic carbocycles. The summed E-state index contributed by atoms with van der Waals surface area (Å²) in [5, 5.41) is 2.83. The van der Waals surface area contributed by atoms with Crippen LogP contribution in [0.25, 0.3) is 0 Å². The number of halogens is 4. The third-order valence-corrected chi connectivity index (χ3v) is 2.71. The summed E-state index contributed by atoms with van der Waals surface area (Å²) < 4.78 is 54.2. The van der Waals surface area contributed by atoms with Crippen molar-refractivity contribution in [2.24, 2.45) is 0 Å². The zero-order valence-electron chi connectivity index (χ0n) is 9.68. The number of rotatable bonds is 6. The summed E-state index contributed by atoms with van der Waals surface area (Å²) in [6.07, 6.45) is 0. The average molecular weight is 283 g/mol. The van der Waals surface area contributed by atoms with Crippen LogP contribution in [0.2, 0.25) is 0 Å². The molecule has 7 heteroatoms. The Morgan fingerprint density at radius 1 is 1.33 bits per heavy atom. The Balaban J connectivity index is 2.55. The van der Waals surface area contributed by atoms with Gasteiger partial charge in [-0.05, 0) is 24.9 Å². The first-order valence-electron chi connectivity index (χ1n) is 5.19. The molecular formula is C11H13F4NOS. The third-order valence-electron chi connectivity index (χ3n) is 2.01. The highest BCUT2D eigenvalue weighted by Gasteiger charge is 2.27. The van der Waals surface area contributed by atoms with Crippen molar-refractivity contribution in [3.05, 3.63) is 29.6 Å². The van der Waals surface area contributed by atoms with E-state index in [0.29, 0.717) is 12.1 Å². The molecule has 1 rings (SSSR count). The van der Waals surface area contributed by atoms with Crippen LogP contribution >= 0.6 is 11.8 Å². The molecule has 0 saturated heterocycles. The predicted molar refractivity (Wildman–Crippen MR) is 63.2 cm³/mol. The number of hydrogen-bond acceptors (Lipinski definition) is 3. The molecule has 1 aromatic rings. The lowest BCUT2D eigenvalue weighted by Gasteiger charge is -2.12. The fraction of sp³-hybridized carbons (Fsp3) is 0.455. The van der Waals surface area contributed by atoms with E-state index >= 15 is 0 Å². The lowest BCUT2D eigenvalue weighted by Crippen LogP contribution is -2.11. The molecule has 0 aliphatic rings. The number of thioether (sulfide) groups is 1. The van der Waals surface area contributed by atoms with Crippen molar-refractivity contribution in [3.8, 4) is 5.75 Å². The Labute approximate surface area is 107 Å². The Kier molecular flexibility index (Phi) is 5.74. The van der Waals surface area contributed by atoms with Gasteiger partial charge in [-0.3, -0.25) is 0 Å². The molecule has 1 aromatic carbocycles. The zero-order chi connectivity index (χ0) is 13.6. The van der Waals surface area contributed by atoms with Crippen LogP contribution in [0.5, 0.6) is 5.75 Å². The molecule has 0 atom stereocenters. The minimum Gasteiger partial charge on any atom is -0.489 e. The molecule has 1 N–H and O–H groups in total. The van der Waals surface area contributed by atoms with Gasteiger partial charge in [0.2, 0.25) is 0 Å². The van der Waals surface area contributed by atoms with Crippen molar-refractivity contribution in [1.82, 2.24) is 5.32 Å². The Morgan fingerprint density at radius 2 is 2.06 bits per heavy atom. The summed E-state index contributed by atoms with van der Waals surface area (Å²) in [7, 11) is 1.69. The van der Waals surface area contributed by atoms with E-state index in [9.17, 15) is 17.6 Å². The summed E-state index contributed by atoms with van der Waals surface area (Å²) in [5.74, 6) is -0.828. The highest BCUT2D eigenvalue weighted by molar-refractivity contribution is 8.00. The van der Waals surface area contributed by atoms with Gasteiger partial charge >= 0.3 is 5.51 Å². The second kappa shape index (κ2) is 6.84. The number of nitrogens with one attached hydrogen (secondary N) is 1. The van der Waals surface area contributed by atoms with Crippen molar-refractivity contribution >= 4 is 11.8 Å². The van der Waals surface area contributed by atoms with Crippen LogP contribution in [0.3, 0.4) is 0 Å². The largest absolute Gasteiger partial charge is 0.489 e. The first kappa shape index (κ1) is 15.1. The Morgan fingerprint density at radius 3 is 2.67 bits per heavy atom. The van der Waals surface area contributed by atoms with Gasteiger partial charge < -0.3 is 10.1 Å². The van der Waals surface area contributed by atoms with E-state index in [2.05, 4.69) is 5.32 Å². The second-order valence-electron chi connectivity index (χ2n) is 3.40. The molecule has 0 saturated carbocycles. The van der Waals surface area contributed by atoms with Crippen LogP contribution in [-0.4, -0.2) is 24.9 Å². The van der Waals surface area contributed by atoms with Crippen LogP contribution < -0.4 is 10.1 Å². The highest BCUT2D eigenvalue weighted by atomic mass is 32.2. The normalized spacial score (nSPS) is 11.6. The van der Waals surface area contributed by atoms with Gasteiger partial charge in [0.25, 0.3) is 0 Å². The predicted octanol–water partition coefficient (Wildman–Crippen LogP) is 3.18. The molecule has 0 aliphatic heterocycles. The smallest absolute Gasteiger partial charge is 0.441 e. The van der Waals surface area contributed by atoms with Crippen LogP contribution in [0.4, 0.5) is 17.6 Å². The van der Waals surface area contributed by atoms with Crippen molar-refractivity contribution in [1.29, 1.82) is 0 Å². The topological polar surface area (TPSA) is 21.3 Å². The van der Waals surface area contributed by atoms with Crippen molar-refractivity contribution in [2.75, 3.05) is 19.4 Å². The maximum Gasteiger partial charge on any atom is 0.441 e. The van der Waals surface area contributed by atoms with Crippen molar-refractivity contribution < 1.29 is 22.3 Å². The fourth-order valence-electron chi connectivity index (χ4n) is 1.35. The molecule has 0 aromatic heterocycles. The number of para-hydroxylation sites is 1. The number of alkyl halides is 3. The molecule has 0 radical (unpaired) electrons. The molecule has 0 amide bonds. The minimum absolute atomic E-state index is 0.00891. The summed E-state index contributed by atoms with van der Waals surface area (Å²) in [4.78, 5) is 0. The van der Waals surface area contributed by atoms with E-state index in [0.717, 1.165) is 0 Å². The standard InChI is InChI=1S/C11H13F4NOS/c1-16-7-8-3-2-4-9(12)10(8)17-5-6-18-11(13,14)15/h2-4,16H,5-7H2,1H3. The van der Waals surface area contributed by atoms with Gasteiger partial charge in [0, 0.05) is 17.9 Å². The van der Waals surface area contributed by atoms with Crippen LogP contribution in [0.15, 0.2) is 18.2 Å². The molecule has 0 heterocycles. The van der Waals surface area contributed by atoms with E-state index in [1.165, 1.54) is 12.1 Å². The zero-order valence-corrected chi connectivity index (χ0v) is 10.5. The van der Waals surface area contributed by atoms with Gasteiger partial charge in [-0.1, -0.05) is 12.1 Å². The molecule has 0 unspecified atom stereocenters. The monoisotopic (exact) mass is 283 g/mol. The van der Waals surface area contributed by atoms with Gasteiger partial charge in [-0.15, -0.1) is 0 Å². The number of ether oxygens (including phenoxy) is 1. The quantitative estimate of drug-likeness (QED) is 0.640. The van der Waals surface area contributed by atoms with Gasteiger partial charge in [-0.25, -0.2) is 4.39 Å². The minimum atomic E-state index is -4.29. The third kappa shape index (κ3) is 5.14. The lowest BCUT2D eigenvalue weighted by atomic mass is 10.2. The number of benzene rings is 1. The van der Waals surface area contributed by atoms with Crippen LogP contribution in [0.1, 0.15) is 5.56 Å². The van der Waals surface area contributed by atoms with E-state index in [1.54, 1.807) is 13.1 Å². The molecule has 102 valence electrons. The molecule has 0 spiro atoms. The summed E-state index contributed by atoms with van der Waals surface area (Å²) in [6.45, 7) is 0.196. The molecule has 18 heavy (non-hydrogen) atoms. The highest BCUT2D eigenvalue weighted by Crippen LogP contribution is 2.30. The van der Waals surface area contributed by atoms with Crippen LogP contribution in [-0.2, 0) is 6.54 Å². The SMILES string of the molecule is CNCc1cccc(F)c1OCCSC(F)(F)F. The van der Waals surface area contributed by atoms with Gasteiger partial charge in [0.05, 0.1) is 6.61 Å². The van der Waals surface area contributed by atoms with Gasteiger partial charge in [0.1, 0.15) is 0 Å². The van der Waals surface area contributed by atoms with E-state index in [-0.39, 0.29) is 29.9 Å². The second-order valence-corrected chi connectivity index (χ2v) is 4.56. The lowest BCUT2D eigenvalue weighted by molar-refractivity contribution is -0.0329. The summed E-state index contributed by atoms with van der Waals surface area (Å²) >= 11 is -0.185. The van der Waals surface area contributed by atoms with Crippen LogP contribution in [0, 0.1) is 5.82 Å². The van der Waals surface area contributed by atoms with Gasteiger partial charge in [-0.2, -0.15) is 13.2 Å². The van der Waals surface area contributed by atoms with Crippen molar-refractivity contribution in [2.45, 2.75) is 12.1 Å². The maximum atomic E-state index is 13.5. The maximum absolute atomic E-state index is 13.5. The van der Waals surface area contributed by atoms with E-state index in [1.807, 2.05) is 0 Å². The molecular weight excluding hydrogens is 270 g/mol. The first-order chi connectivity index (χ1) is 8.44. The number of hydrogen-bond donors (Lipinski definition) is 1. The average Bonchev–Trinajstić information content (AvgIpc) is 2.26. The van der Waals surface area contributed by atoms with E-state index in [4.69, 9.17) is 4.74 Å². The summed E-state index contributed by atoms with van der Waals surface area (Å²) in [6, 6.07) is 4.40. The summed E-state index contributed by atoms with van der Waals surface area (Å²) in [5.41, 5.74) is -3.71. The van der Waals surface area contributed by atoms with Gasteiger partial charge in [0.15, 0.2) is 11.6 Å². The molecule has 2 nitrogen and oxygen atoms in total. The fourth-order valence-corrected chi connectivity index (χ4v) is 1.74. The first-order valence-corrected chi connectivity index (χ1v) is 6.18. The van der Waals surface area contributed by atoms with Crippen molar-refractivity contribution in [3.63, 3.8) is 0 Å². The van der Waals surface area contributed by atoms with E-state index < -0.39 is 11.3 Å². The molecule has 0 fully saturated rings.